The molecule has 0 N–H and O–H groups in total. The molecule has 0 saturated heterocycles. The summed E-state index contributed by atoms with van der Waals surface area (Å²) in [5, 5.41) is 15.2. The largest absolute Gasteiger partial charge is 0.309 e. The third kappa shape index (κ3) is 9.45. The Labute approximate surface area is 600 Å². The Hall–Kier alpha value is -13.9. The van der Waals surface area contributed by atoms with Crippen molar-refractivity contribution in [3.63, 3.8) is 0 Å². The van der Waals surface area contributed by atoms with E-state index in [9.17, 15) is 0 Å². The Morgan fingerprint density at radius 2 is 0.538 bits per heavy atom. The van der Waals surface area contributed by atoms with Crippen LogP contribution in [0.25, 0.3) is 199 Å². The summed E-state index contributed by atoms with van der Waals surface area (Å²) in [4.78, 5) is 5.36. The molecule has 5 heterocycles. The van der Waals surface area contributed by atoms with Gasteiger partial charge in [0, 0.05) is 65.7 Å². The molecule has 22 aromatic rings. The summed E-state index contributed by atoms with van der Waals surface area (Å²) >= 11 is 0. The zero-order chi connectivity index (χ0) is 68.3. The van der Waals surface area contributed by atoms with Crippen molar-refractivity contribution >= 4 is 109 Å². The molecule has 104 heavy (non-hydrogen) atoms. The van der Waals surface area contributed by atoms with Gasteiger partial charge in [-0.3, -0.25) is 4.57 Å². The predicted molar refractivity (Wildman–Crippen MR) is 438 cm³/mol. The van der Waals surface area contributed by atoms with Crippen LogP contribution >= 0.6 is 0 Å². The first-order valence-corrected chi connectivity index (χ1v) is 35.7. The first kappa shape index (κ1) is 59.0. The van der Waals surface area contributed by atoms with E-state index in [-0.39, 0.29) is 0 Å². The number of aromatic nitrogens is 5. The quantitative estimate of drug-likeness (QED) is 0.126. The normalized spacial score (nSPS) is 11.8. The standard InChI is InChI=1S/C50H32N2.C49H31N3/c1-4-13-33(14-5-1)37-29-38(34-15-6-2-7-16-34)31-40(30-37)52-47-22-12-17-35-23-25-43-41(26-28-48(52)50(43)49(35)47)36-24-27-46-44(32-36)42-20-10-11-21-45(42)51(46)39-18-8-3-9-19-39;1-4-13-32(14-5-1)36-30-42(33-15-6-2-7-16-33)50-47(31-36)52-45-22-12-17-34-23-25-40-38(26-28-46(52)49(40)48(34)45)35-24-27-44-41(29-35)39-20-10-11-21-43(39)51(44)37-18-8-3-9-19-37/h1-32H;1-31H. The number of hydrogen-bond donors (Lipinski definition) is 0. The lowest BCUT2D eigenvalue weighted by molar-refractivity contribution is 1.08. The summed E-state index contributed by atoms with van der Waals surface area (Å²) in [6, 6.07) is 139. The molecule has 0 amide bonds. The van der Waals surface area contributed by atoms with Crippen molar-refractivity contribution in [1.82, 2.24) is 23.3 Å². The van der Waals surface area contributed by atoms with E-state index in [1.54, 1.807) is 0 Å². The van der Waals surface area contributed by atoms with Crippen molar-refractivity contribution in [2.45, 2.75) is 0 Å². The van der Waals surface area contributed by atoms with Crippen LogP contribution in [0, 0.1) is 0 Å². The minimum atomic E-state index is 0.910. The highest BCUT2D eigenvalue weighted by molar-refractivity contribution is 6.28. The molecule has 0 aliphatic carbocycles. The second-order valence-electron chi connectivity index (χ2n) is 27.3. The molecule has 484 valence electrons. The number of fused-ring (bicyclic) bond motifs is 6. The molecule has 0 unspecified atom stereocenters. The number of rotatable bonds is 10. The Kier molecular flexibility index (Phi) is 13.6. The first-order chi connectivity index (χ1) is 51.6. The molecule has 17 aromatic carbocycles. The molecule has 0 atom stereocenters. The topological polar surface area (TPSA) is 32.6 Å². The van der Waals surface area contributed by atoms with Gasteiger partial charge in [-0.1, -0.05) is 267 Å². The highest BCUT2D eigenvalue weighted by Crippen LogP contribution is 2.48. The van der Waals surface area contributed by atoms with Crippen LogP contribution in [0.4, 0.5) is 0 Å². The van der Waals surface area contributed by atoms with Crippen LogP contribution in [0.5, 0.6) is 0 Å². The molecule has 0 radical (unpaired) electrons. The molecule has 0 aliphatic heterocycles. The van der Waals surface area contributed by atoms with E-state index in [2.05, 4.69) is 400 Å². The van der Waals surface area contributed by atoms with Crippen LogP contribution < -0.4 is 0 Å². The summed E-state index contributed by atoms with van der Waals surface area (Å²) < 4.78 is 9.60. The Bertz CT molecular complexity index is 6500. The summed E-state index contributed by atoms with van der Waals surface area (Å²) in [5.41, 5.74) is 27.2. The Morgan fingerprint density at radius 1 is 0.173 bits per heavy atom. The lowest BCUT2D eigenvalue weighted by Crippen LogP contribution is -2.00. The predicted octanol–water partition coefficient (Wildman–Crippen LogP) is 26.3. The van der Waals surface area contributed by atoms with Crippen molar-refractivity contribution in [1.29, 1.82) is 0 Å². The van der Waals surface area contributed by atoms with Gasteiger partial charge in [-0.2, -0.15) is 0 Å². The van der Waals surface area contributed by atoms with Crippen LogP contribution in [-0.2, 0) is 0 Å². The fraction of sp³-hybridized carbons (Fsp3) is 0. The van der Waals surface area contributed by atoms with Crippen molar-refractivity contribution in [2.24, 2.45) is 0 Å². The lowest BCUT2D eigenvalue weighted by atomic mass is 9.94. The van der Waals surface area contributed by atoms with Crippen molar-refractivity contribution in [3.8, 4) is 89.8 Å². The zero-order valence-electron chi connectivity index (χ0n) is 56.6. The molecular formula is C99H63N5. The summed E-state index contributed by atoms with van der Waals surface area (Å²) in [5.74, 6) is 0.910. The number of nitrogens with zero attached hydrogens (tertiary/aromatic N) is 5. The van der Waals surface area contributed by atoms with E-state index in [1.165, 1.54) is 159 Å². The highest BCUT2D eigenvalue weighted by Gasteiger charge is 2.25. The highest BCUT2D eigenvalue weighted by atomic mass is 15.1. The third-order valence-electron chi connectivity index (χ3n) is 21.5. The lowest BCUT2D eigenvalue weighted by Gasteiger charge is -2.14. The monoisotopic (exact) mass is 1320 g/mol. The average molecular weight is 1320 g/mol. The number of benzene rings is 17. The van der Waals surface area contributed by atoms with Crippen LogP contribution in [0.3, 0.4) is 0 Å². The third-order valence-corrected chi connectivity index (χ3v) is 21.5. The van der Waals surface area contributed by atoms with Crippen LogP contribution in [0.2, 0.25) is 0 Å². The van der Waals surface area contributed by atoms with Crippen molar-refractivity contribution < 1.29 is 0 Å². The number of hydrogen-bond acceptors (Lipinski definition) is 1. The minimum absolute atomic E-state index is 0.910. The molecule has 5 nitrogen and oxygen atoms in total. The van der Waals surface area contributed by atoms with Gasteiger partial charge in [0.1, 0.15) is 5.82 Å². The maximum atomic E-state index is 5.36. The van der Waals surface area contributed by atoms with Crippen LogP contribution in [-0.4, -0.2) is 23.3 Å². The average Bonchev–Trinajstić information content (AvgIpc) is 1.55. The SMILES string of the molecule is c1ccc(-c2cc(-c3ccccc3)cc(-n3c4cccc5ccc6c(-c7ccc8c(c7)c7ccccc7n8-c7ccccc7)ccc3c6c54)c2)cc1.c1ccc(-c2cc(-c3ccccc3)nc(-n3c4cccc5ccc6c(-c7ccc8c(c7)c7ccccc7n8-c7ccccc7)ccc3c6c54)c2)cc1. The zero-order valence-corrected chi connectivity index (χ0v) is 56.6. The number of pyridine rings is 1. The van der Waals surface area contributed by atoms with E-state index in [0.717, 1.165) is 39.4 Å². The number of para-hydroxylation sites is 4. The van der Waals surface area contributed by atoms with Gasteiger partial charge in [-0.25, -0.2) is 4.98 Å². The molecule has 0 aliphatic rings. The van der Waals surface area contributed by atoms with Gasteiger partial charge in [-0.05, 0) is 192 Å². The maximum Gasteiger partial charge on any atom is 0.138 e. The molecule has 0 spiro atoms. The minimum Gasteiger partial charge on any atom is -0.309 e. The summed E-state index contributed by atoms with van der Waals surface area (Å²) in [6.07, 6.45) is 0. The molecule has 0 bridgehead atoms. The van der Waals surface area contributed by atoms with Gasteiger partial charge in [0.05, 0.1) is 49.8 Å². The second kappa shape index (κ2) is 23.9. The maximum absolute atomic E-state index is 5.36. The van der Waals surface area contributed by atoms with Gasteiger partial charge >= 0.3 is 0 Å². The van der Waals surface area contributed by atoms with Crippen LogP contribution in [0.1, 0.15) is 0 Å². The van der Waals surface area contributed by atoms with Gasteiger partial charge in [0.25, 0.3) is 0 Å². The second-order valence-corrected chi connectivity index (χ2v) is 27.3. The van der Waals surface area contributed by atoms with Gasteiger partial charge < -0.3 is 13.7 Å². The smallest absolute Gasteiger partial charge is 0.138 e. The fourth-order valence-electron chi connectivity index (χ4n) is 16.9. The van der Waals surface area contributed by atoms with E-state index in [0.29, 0.717) is 0 Å². The van der Waals surface area contributed by atoms with Crippen LogP contribution in [0.15, 0.2) is 382 Å². The molecular weight excluding hydrogens is 1260 g/mol. The molecule has 0 saturated carbocycles. The van der Waals surface area contributed by atoms with Gasteiger partial charge in [0.2, 0.25) is 0 Å². The Balaban J connectivity index is 0.000000134. The molecule has 5 aromatic heterocycles. The van der Waals surface area contributed by atoms with Gasteiger partial charge in [-0.15, -0.1) is 0 Å². The fourth-order valence-corrected chi connectivity index (χ4v) is 16.9. The van der Waals surface area contributed by atoms with Crippen molar-refractivity contribution in [3.05, 3.63) is 382 Å². The van der Waals surface area contributed by atoms with E-state index < -0.39 is 0 Å². The summed E-state index contributed by atoms with van der Waals surface area (Å²) in [6.45, 7) is 0. The molecule has 0 fully saturated rings. The first-order valence-electron chi connectivity index (χ1n) is 35.7. The molecule has 5 heteroatoms. The van der Waals surface area contributed by atoms with Gasteiger partial charge in [0.15, 0.2) is 0 Å². The van der Waals surface area contributed by atoms with Crippen molar-refractivity contribution in [2.75, 3.05) is 0 Å². The molecule has 22 rings (SSSR count). The van der Waals surface area contributed by atoms with E-state index in [1.807, 2.05) is 0 Å². The van der Waals surface area contributed by atoms with E-state index >= 15 is 0 Å². The van der Waals surface area contributed by atoms with E-state index in [4.69, 9.17) is 4.98 Å². The summed E-state index contributed by atoms with van der Waals surface area (Å²) in [7, 11) is 0. The Morgan fingerprint density at radius 3 is 1.02 bits per heavy atom.